The van der Waals surface area contributed by atoms with Gasteiger partial charge in [-0.15, -0.1) is 0 Å². The third kappa shape index (κ3) is 4.40. The van der Waals surface area contributed by atoms with Gasteiger partial charge >= 0.3 is 12.1 Å². The molecule has 1 N–H and O–H groups in total. The third-order valence-electron chi connectivity index (χ3n) is 2.95. The lowest BCUT2D eigenvalue weighted by molar-refractivity contribution is -0.144. The van der Waals surface area contributed by atoms with Crippen molar-refractivity contribution in [1.29, 1.82) is 0 Å². The van der Waals surface area contributed by atoms with E-state index in [0.29, 0.717) is 24.9 Å². The number of thiazole rings is 1. The Balaban J connectivity index is 1.93. The molecule has 1 amide bonds. The van der Waals surface area contributed by atoms with Gasteiger partial charge < -0.3 is 9.47 Å². The Morgan fingerprint density at radius 2 is 2.10 bits per heavy atom. The van der Waals surface area contributed by atoms with Crippen LogP contribution in [0.15, 0.2) is 0 Å². The predicted octanol–water partition coefficient (Wildman–Crippen LogP) is 1.63. The van der Waals surface area contributed by atoms with E-state index in [-0.39, 0.29) is 12.5 Å². The summed E-state index contributed by atoms with van der Waals surface area (Å²) < 4.78 is 9.77. The van der Waals surface area contributed by atoms with Crippen molar-refractivity contribution in [3.05, 3.63) is 10.6 Å². The summed E-state index contributed by atoms with van der Waals surface area (Å²) in [5.41, 5.74) is 0.979. The topological polar surface area (TPSA) is 80.8 Å². The van der Waals surface area contributed by atoms with Crippen LogP contribution in [0.1, 0.15) is 24.4 Å². The van der Waals surface area contributed by atoms with Crippen LogP contribution >= 0.6 is 11.3 Å². The number of carbonyl (C=O) groups is 2. The largest absolute Gasteiger partial charge is 0.465 e. The van der Waals surface area contributed by atoms with Gasteiger partial charge in [0.15, 0.2) is 5.13 Å². The molecule has 0 atom stereocenters. The normalized spacial score (nSPS) is 14.4. The Labute approximate surface area is 127 Å². The number of hydrogen-bond donors (Lipinski definition) is 1. The molecule has 0 radical (unpaired) electrons. The Hall–Kier alpha value is -1.67. The van der Waals surface area contributed by atoms with Crippen molar-refractivity contribution in [1.82, 2.24) is 9.88 Å². The highest BCUT2D eigenvalue weighted by Crippen LogP contribution is 2.28. The minimum absolute atomic E-state index is 0.213. The van der Waals surface area contributed by atoms with Crippen LogP contribution < -0.4 is 5.32 Å². The summed E-state index contributed by atoms with van der Waals surface area (Å²) in [6.07, 6.45) is 0.266. The molecule has 1 aromatic rings. The van der Waals surface area contributed by atoms with Crippen molar-refractivity contribution in [2.75, 3.05) is 31.6 Å². The number of nitrogens with zero attached hydrogens (tertiary/aromatic N) is 2. The molecule has 1 aliphatic rings. The Bertz CT molecular complexity index is 518. The maximum Gasteiger partial charge on any atom is 0.413 e. The predicted molar refractivity (Wildman–Crippen MR) is 78.4 cm³/mol. The quantitative estimate of drug-likeness (QED) is 0.832. The first-order valence-electron chi connectivity index (χ1n) is 6.92. The van der Waals surface area contributed by atoms with E-state index in [9.17, 15) is 9.59 Å². The zero-order chi connectivity index (χ0) is 15.2. The van der Waals surface area contributed by atoms with Crippen molar-refractivity contribution < 1.29 is 19.1 Å². The molecule has 1 aliphatic heterocycles. The zero-order valence-corrected chi connectivity index (χ0v) is 13.0. The van der Waals surface area contributed by atoms with Gasteiger partial charge in [-0.1, -0.05) is 11.3 Å². The number of anilines is 1. The molecule has 0 saturated carbocycles. The highest BCUT2D eigenvalue weighted by Gasteiger charge is 2.23. The summed E-state index contributed by atoms with van der Waals surface area (Å²) in [5, 5.41) is 3.15. The number of carbonyl (C=O) groups excluding carboxylic acids is 2. The van der Waals surface area contributed by atoms with Gasteiger partial charge in [0.2, 0.25) is 0 Å². The molecule has 2 heterocycles. The van der Waals surface area contributed by atoms with E-state index < -0.39 is 6.09 Å². The Kier molecular flexibility index (Phi) is 5.51. The van der Waals surface area contributed by atoms with E-state index in [1.54, 1.807) is 13.8 Å². The second-order valence-electron chi connectivity index (χ2n) is 4.50. The molecule has 2 rings (SSSR count). The average Bonchev–Trinajstić information content (AvgIpc) is 2.80. The summed E-state index contributed by atoms with van der Waals surface area (Å²) in [5.74, 6) is -0.213. The average molecular weight is 313 g/mol. The molecule has 1 aromatic heterocycles. The van der Waals surface area contributed by atoms with Crippen LogP contribution in [0.25, 0.3) is 0 Å². The maximum atomic E-state index is 11.5. The summed E-state index contributed by atoms with van der Waals surface area (Å²) in [6.45, 7) is 5.95. The molecule has 0 bridgehead atoms. The lowest BCUT2D eigenvalue weighted by Crippen LogP contribution is -2.35. The smallest absolute Gasteiger partial charge is 0.413 e. The number of amides is 1. The number of aromatic nitrogens is 1. The van der Waals surface area contributed by atoms with Gasteiger partial charge in [-0.2, -0.15) is 0 Å². The molecule has 7 nitrogen and oxygen atoms in total. The third-order valence-corrected chi connectivity index (χ3v) is 3.95. The molecule has 0 aromatic carbocycles. The first-order valence-corrected chi connectivity index (χ1v) is 7.74. The van der Waals surface area contributed by atoms with Crippen LogP contribution in [0.3, 0.4) is 0 Å². The summed E-state index contributed by atoms with van der Waals surface area (Å²) >= 11 is 1.42. The second-order valence-corrected chi connectivity index (χ2v) is 5.58. The summed E-state index contributed by atoms with van der Waals surface area (Å²) in [6, 6.07) is 0. The molecular formula is C13H19N3O4S. The van der Waals surface area contributed by atoms with Crippen LogP contribution in [0, 0.1) is 0 Å². The Morgan fingerprint density at radius 3 is 2.81 bits per heavy atom. The van der Waals surface area contributed by atoms with E-state index in [1.807, 2.05) is 4.90 Å². The summed E-state index contributed by atoms with van der Waals surface area (Å²) in [4.78, 5) is 30.3. The van der Waals surface area contributed by atoms with E-state index in [1.165, 1.54) is 11.3 Å². The number of nitrogens with one attached hydrogen (secondary N) is 1. The second kappa shape index (κ2) is 7.37. The van der Waals surface area contributed by atoms with Crippen molar-refractivity contribution in [2.45, 2.75) is 26.8 Å². The number of fused-ring (bicyclic) bond motifs is 1. The minimum Gasteiger partial charge on any atom is -0.465 e. The molecule has 21 heavy (non-hydrogen) atoms. The number of hydrogen-bond acceptors (Lipinski definition) is 7. The van der Waals surface area contributed by atoms with E-state index in [0.717, 1.165) is 23.5 Å². The highest BCUT2D eigenvalue weighted by molar-refractivity contribution is 7.15. The number of rotatable bonds is 5. The van der Waals surface area contributed by atoms with Gasteiger partial charge in [0.25, 0.3) is 0 Å². The van der Waals surface area contributed by atoms with Gasteiger partial charge in [-0.3, -0.25) is 15.0 Å². The van der Waals surface area contributed by atoms with Gasteiger partial charge in [0, 0.05) is 24.4 Å². The van der Waals surface area contributed by atoms with Gasteiger partial charge in [-0.25, -0.2) is 9.78 Å². The Morgan fingerprint density at radius 1 is 1.33 bits per heavy atom. The number of ether oxygens (including phenoxy) is 2. The fourth-order valence-electron chi connectivity index (χ4n) is 2.08. The zero-order valence-electron chi connectivity index (χ0n) is 12.2. The van der Waals surface area contributed by atoms with Crippen molar-refractivity contribution in [3.63, 3.8) is 0 Å². The van der Waals surface area contributed by atoms with Crippen LogP contribution in [-0.2, 0) is 27.2 Å². The minimum atomic E-state index is -0.494. The molecule has 0 saturated heterocycles. The lowest BCUT2D eigenvalue weighted by atomic mass is 10.2. The van der Waals surface area contributed by atoms with Crippen LogP contribution in [0.4, 0.5) is 9.93 Å². The lowest BCUT2D eigenvalue weighted by Gasteiger charge is -2.24. The molecule has 0 aliphatic carbocycles. The molecule has 0 fully saturated rings. The first kappa shape index (κ1) is 15.7. The van der Waals surface area contributed by atoms with Gasteiger partial charge in [-0.05, 0) is 13.8 Å². The first-order chi connectivity index (χ1) is 10.1. The molecule has 0 spiro atoms. The standard InChI is InChI=1S/C13H19N3O4S/c1-3-19-11(17)8-16-6-5-9-10(7-16)21-12(14-9)15-13(18)20-4-2/h3-8H2,1-2H3,(H,14,15,18). The molecule has 8 heteroatoms. The number of esters is 1. The van der Waals surface area contributed by atoms with E-state index in [4.69, 9.17) is 9.47 Å². The molecular weight excluding hydrogens is 294 g/mol. The molecule has 116 valence electrons. The summed E-state index contributed by atoms with van der Waals surface area (Å²) in [7, 11) is 0. The fourth-order valence-corrected chi connectivity index (χ4v) is 3.12. The van der Waals surface area contributed by atoms with Crippen molar-refractivity contribution in [3.8, 4) is 0 Å². The monoisotopic (exact) mass is 313 g/mol. The molecule has 0 unspecified atom stereocenters. The van der Waals surface area contributed by atoms with E-state index in [2.05, 4.69) is 10.3 Å². The highest BCUT2D eigenvalue weighted by atomic mass is 32.1. The maximum absolute atomic E-state index is 11.5. The van der Waals surface area contributed by atoms with Crippen LogP contribution in [-0.4, -0.2) is 48.2 Å². The fraction of sp³-hybridized carbons (Fsp3) is 0.615. The van der Waals surface area contributed by atoms with Crippen LogP contribution in [0.5, 0.6) is 0 Å². The van der Waals surface area contributed by atoms with Gasteiger partial charge in [0.1, 0.15) is 0 Å². The van der Waals surface area contributed by atoms with Crippen molar-refractivity contribution in [2.24, 2.45) is 0 Å². The SMILES string of the molecule is CCOC(=O)CN1CCc2nc(NC(=O)OCC)sc2C1. The van der Waals surface area contributed by atoms with Crippen LogP contribution in [0.2, 0.25) is 0 Å². The van der Waals surface area contributed by atoms with Gasteiger partial charge in [0.05, 0.1) is 25.5 Å². The van der Waals surface area contributed by atoms with Crippen molar-refractivity contribution >= 4 is 28.5 Å². The van der Waals surface area contributed by atoms with E-state index >= 15 is 0 Å².